The fourth-order valence-corrected chi connectivity index (χ4v) is 3.85. The van der Waals surface area contributed by atoms with E-state index in [2.05, 4.69) is 4.98 Å². The number of nitrogens with zero attached hydrogens (tertiary/aromatic N) is 1. The molecule has 6 nitrogen and oxygen atoms in total. The number of H-pyrrole nitrogens is 1. The number of nitrogens with one attached hydrogen (secondary N) is 1. The summed E-state index contributed by atoms with van der Waals surface area (Å²) < 4.78 is 32.1. The quantitative estimate of drug-likeness (QED) is 0.880. The van der Waals surface area contributed by atoms with E-state index in [0.29, 0.717) is 19.6 Å². The fourth-order valence-electron chi connectivity index (χ4n) is 2.12. The summed E-state index contributed by atoms with van der Waals surface area (Å²) >= 11 is 0. The molecule has 1 aromatic rings. The average molecular weight is 286 g/mol. The molecule has 2 unspecified atom stereocenters. The van der Waals surface area contributed by atoms with Crippen molar-refractivity contribution in [3.8, 4) is 0 Å². The molecule has 1 saturated heterocycles. The summed E-state index contributed by atoms with van der Waals surface area (Å²) in [6.07, 6.45) is 1.81. The van der Waals surface area contributed by atoms with Crippen molar-refractivity contribution in [1.29, 1.82) is 0 Å². The van der Waals surface area contributed by atoms with Gasteiger partial charge >= 0.3 is 0 Å². The van der Waals surface area contributed by atoms with E-state index < -0.39 is 10.0 Å². The third kappa shape index (κ3) is 2.88. The molecule has 2 atom stereocenters. The van der Waals surface area contributed by atoms with Crippen LogP contribution in [-0.2, 0) is 14.8 Å². The number of aromatic amines is 1. The van der Waals surface area contributed by atoms with Crippen molar-refractivity contribution in [3.63, 3.8) is 0 Å². The minimum atomic E-state index is -3.59. The monoisotopic (exact) mass is 286 g/mol. The predicted molar refractivity (Wildman–Crippen MR) is 70.4 cm³/mol. The Morgan fingerprint density at radius 3 is 2.79 bits per heavy atom. The lowest BCUT2D eigenvalue weighted by atomic mass is 10.2. The van der Waals surface area contributed by atoms with Crippen LogP contribution in [0.25, 0.3) is 0 Å². The smallest absolute Gasteiger partial charge is 0.247 e. The Kier molecular flexibility index (Phi) is 4.07. The van der Waals surface area contributed by atoms with E-state index in [-0.39, 0.29) is 22.6 Å². The van der Waals surface area contributed by atoms with Crippen molar-refractivity contribution in [2.75, 3.05) is 13.2 Å². The van der Waals surface area contributed by atoms with Crippen LogP contribution in [-0.4, -0.2) is 43.0 Å². The van der Waals surface area contributed by atoms with Crippen LogP contribution < -0.4 is 5.56 Å². The summed E-state index contributed by atoms with van der Waals surface area (Å²) in [5.41, 5.74) is -0.318. The Hall–Kier alpha value is -1.18. The van der Waals surface area contributed by atoms with Gasteiger partial charge in [-0.2, -0.15) is 4.31 Å². The van der Waals surface area contributed by atoms with E-state index in [4.69, 9.17) is 4.74 Å². The first-order valence-electron chi connectivity index (χ1n) is 6.27. The third-order valence-electron chi connectivity index (χ3n) is 3.25. The number of hydrogen-bond donors (Lipinski definition) is 1. The lowest BCUT2D eigenvalue weighted by Crippen LogP contribution is -2.51. The van der Waals surface area contributed by atoms with Gasteiger partial charge < -0.3 is 9.72 Å². The van der Waals surface area contributed by atoms with Gasteiger partial charge in [-0.05, 0) is 19.4 Å². The second-order valence-corrected chi connectivity index (χ2v) is 6.56. The summed E-state index contributed by atoms with van der Waals surface area (Å²) in [6.45, 7) is 4.51. The van der Waals surface area contributed by atoms with E-state index in [0.717, 1.165) is 0 Å². The van der Waals surface area contributed by atoms with Crippen molar-refractivity contribution < 1.29 is 13.2 Å². The molecule has 1 aliphatic heterocycles. The third-order valence-corrected chi connectivity index (χ3v) is 5.17. The molecule has 1 aromatic heterocycles. The average Bonchev–Trinajstić information content (AvgIpc) is 2.39. The van der Waals surface area contributed by atoms with Gasteiger partial charge in [0.25, 0.3) is 0 Å². The van der Waals surface area contributed by atoms with E-state index in [1.54, 1.807) is 0 Å². The van der Waals surface area contributed by atoms with E-state index in [1.165, 1.54) is 22.6 Å². The van der Waals surface area contributed by atoms with Crippen molar-refractivity contribution >= 4 is 10.0 Å². The molecule has 0 amide bonds. The van der Waals surface area contributed by atoms with Gasteiger partial charge in [-0.3, -0.25) is 4.79 Å². The Bertz CT molecular complexity index is 575. The predicted octanol–water partition coefficient (Wildman–Crippen LogP) is 0.563. The van der Waals surface area contributed by atoms with Crippen LogP contribution in [0.4, 0.5) is 0 Å². The molecule has 1 N–H and O–H groups in total. The normalized spacial score (nSPS) is 25.4. The maximum absolute atomic E-state index is 12.6. The number of ether oxygens (including phenoxy) is 1. The molecule has 0 aromatic carbocycles. The zero-order valence-electron chi connectivity index (χ0n) is 11.0. The minimum Gasteiger partial charge on any atom is -0.375 e. The van der Waals surface area contributed by atoms with E-state index in [9.17, 15) is 13.2 Å². The van der Waals surface area contributed by atoms with Gasteiger partial charge in [0.05, 0.1) is 17.6 Å². The van der Waals surface area contributed by atoms with Crippen molar-refractivity contribution in [2.24, 2.45) is 0 Å². The molecule has 0 aliphatic carbocycles. The zero-order chi connectivity index (χ0) is 14.0. The van der Waals surface area contributed by atoms with Gasteiger partial charge in [0.2, 0.25) is 15.6 Å². The van der Waals surface area contributed by atoms with Gasteiger partial charge in [0.15, 0.2) is 0 Å². The van der Waals surface area contributed by atoms with Crippen LogP contribution in [0, 0.1) is 0 Å². The second-order valence-electron chi connectivity index (χ2n) is 4.67. The van der Waals surface area contributed by atoms with Crippen LogP contribution in [0.1, 0.15) is 20.3 Å². The highest BCUT2D eigenvalue weighted by molar-refractivity contribution is 7.89. The Morgan fingerprint density at radius 2 is 2.21 bits per heavy atom. The SMILES string of the molecule is CCC1COC(C)CN1S(=O)(=O)c1ccc(=O)[nH]c1. The number of morpholine rings is 1. The van der Waals surface area contributed by atoms with Gasteiger partial charge in [0.1, 0.15) is 0 Å². The molecule has 1 aliphatic rings. The van der Waals surface area contributed by atoms with Crippen LogP contribution >= 0.6 is 0 Å². The molecule has 0 radical (unpaired) electrons. The number of hydrogen-bond acceptors (Lipinski definition) is 4. The van der Waals surface area contributed by atoms with Gasteiger partial charge in [-0.15, -0.1) is 0 Å². The van der Waals surface area contributed by atoms with E-state index in [1.807, 2.05) is 13.8 Å². The molecular formula is C12H18N2O4S. The molecule has 2 heterocycles. The molecule has 0 bridgehead atoms. The Balaban J connectivity index is 2.36. The zero-order valence-corrected chi connectivity index (χ0v) is 11.8. The second kappa shape index (κ2) is 5.44. The summed E-state index contributed by atoms with van der Waals surface area (Å²) in [5.74, 6) is 0. The Morgan fingerprint density at radius 1 is 1.47 bits per heavy atom. The van der Waals surface area contributed by atoms with Crippen LogP contribution in [0.5, 0.6) is 0 Å². The largest absolute Gasteiger partial charge is 0.375 e. The van der Waals surface area contributed by atoms with Crippen molar-refractivity contribution in [2.45, 2.75) is 37.3 Å². The first-order valence-corrected chi connectivity index (χ1v) is 7.71. The lowest BCUT2D eigenvalue weighted by Gasteiger charge is -2.37. The van der Waals surface area contributed by atoms with Gasteiger partial charge in [-0.25, -0.2) is 8.42 Å². The van der Waals surface area contributed by atoms with Crippen molar-refractivity contribution in [3.05, 3.63) is 28.7 Å². The lowest BCUT2D eigenvalue weighted by molar-refractivity contribution is -0.0230. The van der Waals surface area contributed by atoms with Crippen LogP contribution in [0.2, 0.25) is 0 Å². The molecule has 19 heavy (non-hydrogen) atoms. The fraction of sp³-hybridized carbons (Fsp3) is 0.583. The minimum absolute atomic E-state index is 0.111. The maximum Gasteiger partial charge on any atom is 0.247 e. The first-order chi connectivity index (χ1) is 8.95. The van der Waals surface area contributed by atoms with Crippen molar-refractivity contribution in [1.82, 2.24) is 9.29 Å². The van der Waals surface area contributed by atoms with Gasteiger partial charge in [-0.1, -0.05) is 6.92 Å². The summed E-state index contributed by atoms with van der Waals surface area (Å²) in [4.78, 5) is 13.5. The molecular weight excluding hydrogens is 268 g/mol. The number of aromatic nitrogens is 1. The molecule has 2 rings (SSSR count). The highest BCUT2D eigenvalue weighted by atomic mass is 32.2. The summed E-state index contributed by atoms with van der Waals surface area (Å²) in [6, 6.07) is 2.40. The van der Waals surface area contributed by atoms with Crippen LogP contribution in [0.15, 0.2) is 28.0 Å². The standard InChI is InChI=1S/C12H18N2O4S/c1-3-10-8-18-9(2)7-14(10)19(16,17)11-4-5-12(15)13-6-11/h4-6,9-10H,3,7-8H2,1-2H3,(H,13,15). The molecule has 1 fully saturated rings. The summed E-state index contributed by atoms with van der Waals surface area (Å²) in [5, 5.41) is 0. The summed E-state index contributed by atoms with van der Waals surface area (Å²) in [7, 11) is -3.59. The number of sulfonamides is 1. The molecule has 0 spiro atoms. The Labute approximate surface area is 112 Å². The highest BCUT2D eigenvalue weighted by Crippen LogP contribution is 2.23. The number of pyridine rings is 1. The van der Waals surface area contributed by atoms with Gasteiger partial charge in [0, 0.05) is 24.8 Å². The highest BCUT2D eigenvalue weighted by Gasteiger charge is 2.35. The maximum atomic E-state index is 12.6. The molecule has 106 valence electrons. The number of rotatable bonds is 3. The van der Waals surface area contributed by atoms with E-state index >= 15 is 0 Å². The van der Waals surface area contributed by atoms with Crippen LogP contribution in [0.3, 0.4) is 0 Å². The molecule has 7 heteroatoms. The molecule has 0 saturated carbocycles. The topological polar surface area (TPSA) is 79.5 Å². The first kappa shape index (κ1) is 14.2.